The highest BCUT2D eigenvalue weighted by Crippen LogP contribution is 2.29. The van der Waals surface area contributed by atoms with Crippen molar-refractivity contribution in [3.05, 3.63) is 101 Å². The van der Waals surface area contributed by atoms with Crippen molar-refractivity contribution in [3.8, 4) is 17.2 Å². The van der Waals surface area contributed by atoms with Crippen molar-refractivity contribution < 1.29 is 14.2 Å². The monoisotopic (exact) mass is 441 g/mol. The molecule has 1 N–H and O–H groups in total. The predicted molar refractivity (Wildman–Crippen MR) is 134 cm³/mol. The van der Waals surface area contributed by atoms with Gasteiger partial charge in [-0.15, -0.1) is 0 Å². The minimum absolute atomic E-state index is 0.554. The summed E-state index contributed by atoms with van der Waals surface area (Å²) < 4.78 is 17.0. The average molecular weight is 442 g/mol. The smallest absolute Gasteiger partial charge is 0.160 e. The number of hydrogen-bond donors (Lipinski definition) is 1. The van der Waals surface area contributed by atoms with E-state index in [4.69, 9.17) is 14.2 Å². The Morgan fingerprint density at radius 2 is 1.55 bits per heavy atom. The molecule has 4 nitrogen and oxygen atoms in total. The summed E-state index contributed by atoms with van der Waals surface area (Å²) in [4.78, 5) is 0. The molecule has 0 unspecified atom stereocenters. The van der Waals surface area contributed by atoms with Crippen molar-refractivity contribution in [2.75, 3.05) is 20.8 Å². The van der Waals surface area contributed by atoms with Crippen LogP contribution in [0.4, 0.5) is 0 Å². The van der Waals surface area contributed by atoms with Crippen LogP contribution in [-0.4, -0.2) is 20.8 Å². The van der Waals surface area contributed by atoms with Crippen molar-refractivity contribution in [1.82, 2.24) is 5.32 Å². The van der Waals surface area contributed by atoms with Gasteiger partial charge in [0.1, 0.15) is 12.4 Å². The molecule has 0 saturated heterocycles. The standard InChI is InChI=1S/C29H31NO3/c1-21-7-6-8-23(17-21)20-33-27-14-12-24-9-4-5-10-25(24)26(27)19-30-16-15-22-11-13-28(31-2)29(18-22)32-3/h4-14,17-18,30H,15-16,19-20H2,1-3H3. The third-order valence-corrected chi connectivity index (χ3v) is 5.81. The molecule has 4 rings (SSSR count). The fourth-order valence-electron chi connectivity index (χ4n) is 4.08. The highest BCUT2D eigenvalue weighted by Gasteiger charge is 2.10. The topological polar surface area (TPSA) is 39.7 Å². The molecule has 0 saturated carbocycles. The second-order valence-corrected chi connectivity index (χ2v) is 8.16. The number of methoxy groups -OCH3 is 2. The van der Waals surface area contributed by atoms with Crippen LogP contribution in [0.25, 0.3) is 10.8 Å². The van der Waals surface area contributed by atoms with E-state index in [0.29, 0.717) is 6.61 Å². The zero-order valence-corrected chi connectivity index (χ0v) is 19.6. The van der Waals surface area contributed by atoms with Crippen molar-refractivity contribution in [2.24, 2.45) is 0 Å². The van der Waals surface area contributed by atoms with Crippen LogP contribution in [0.3, 0.4) is 0 Å². The first kappa shape index (κ1) is 22.7. The van der Waals surface area contributed by atoms with Crippen molar-refractivity contribution >= 4 is 10.8 Å². The molecule has 4 aromatic carbocycles. The van der Waals surface area contributed by atoms with E-state index in [0.717, 1.165) is 36.8 Å². The van der Waals surface area contributed by atoms with Gasteiger partial charge in [0.05, 0.1) is 14.2 Å². The number of nitrogens with one attached hydrogen (secondary N) is 1. The van der Waals surface area contributed by atoms with E-state index in [1.807, 2.05) is 12.1 Å². The number of aryl methyl sites for hydroxylation is 1. The average Bonchev–Trinajstić information content (AvgIpc) is 2.85. The Labute approximate surface area is 196 Å². The first-order chi connectivity index (χ1) is 16.2. The summed E-state index contributed by atoms with van der Waals surface area (Å²) in [6.07, 6.45) is 0.893. The summed E-state index contributed by atoms with van der Waals surface area (Å²) in [5.41, 5.74) is 4.81. The van der Waals surface area contributed by atoms with Crippen LogP contribution in [0.15, 0.2) is 78.9 Å². The third kappa shape index (κ3) is 5.65. The Morgan fingerprint density at radius 1 is 0.727 bits per heavy atom. The van der Waals surface area contributed by atoms with Gasteiger partial charge in [0.15, 0.2) is 11.5 Å². The van der Waals surface area contributed by atoms with E-state index in [1.54, 1.807) is 14.2 Å². The number of benzene rings is 4. The number of rotatable bonds is 10. The molecule has 4 aromatic rings. The van der Waals surface area contributed by atoms with Crippen LogP contribution in [0.5, 0.6) is 17.2 Å². The molecule has 0 atom stereocenters. The van der Waals surface area contributed by atoms with Crippen LogP contribution in [0.2, 0.25) is 0 Å². The van der Waals surface area contributed by atoms with Gasteiger partial charge in [-0.2, -0.15) is 0 Å². The van der Waals surface area contributed by atoms with Gasteiger partial charge in [-0.1, -0.05) is 66.2 Å². The van der Waals surface area contributed by atoms with Gasteiger partial charge in [0, 0.05) is 12.1 Å². The maximum atomic E-state index is 6.29. The highest BCUT2D eigenvalue weighted by molar-refractivity contribution is 5.87. The predicted octanol–water partition coefficient (Wildman–Crippen LogP) is 6.08. The lowest BCUT2D eigenvalue weighted by molar-refractivity contribution is 0.302. The summed E-state index contributed by atoms with van der Waals surface area (Å²) in [6, 6.07) is 27.2. The maximum Gasteiger partial charge on any atom is 0.160 e. The van der Waals surface area contributed by atoms with E-state index in [9.17, 15) is 0 Å². The molecule has 0 amide bonds. The summed E-state index contributed by atoms with van der Waals surface area (Å²) in [7, 11) is 3.32. The molecule has 0 aliphatic carbocycles. The van der Waals surface area contributed by atoms with Gasteiger partial charge < -0.3 is 19.5 Å². The van der Waals surface area contributed by atoms with Gasteiger partial charge in [0.25, 0.3) is 0 Å². The maximum absolute atomic E-state index is 6.29. The Kier molecular flexibility index (Phi) is 7.48. The quantitative estimate of drug-likeness (QED) is 0.303. The van der Waals surface area contributed by atoms with Crippen molar-refractivity contribution in [2.45, 2.75) is 26.5 Å². The molecule has 0 fully saturated rings. The Bertz CT molecular complexity index is 1220. The minimum atomic E-state index is 0.554. The molecule has 0 bridgehead atoms. The van der Waals surface area contributed by atoms with Gasteiger partial charge in [-0.25, -0.2) is 0 Å². The lowest BCUT2D eigenvalue weighted by Gasteiger charge is -2.16. The van der Waals surface area contributed by atoms with E-state index < -0.39 is 0 Å². The Balaban J connectivity index is 1.46. The van der Waals surface area contributed by atoms with E-state index in [-0.39, 0.29) is 0 Å². The molecular formula is C29H31NO3. The molecule has 0 aliphatic rings. The fourth-order valence-corrected chi connectivity index (χ4v) is 4.08. The van der Waals surface area contributed by atoms with E-state index in [2.05, 4.69) is 79.0 Å². The zero-order valence-electron chi connectivity index (χ0n) is 19.6. The van der Waals surface area contributed by atoms with Gasteiger partial charge in [-0.3, -0.25) is 0 Å². The van der Waals surface area contributed by atoms with E-state index >= 15 is 0 Å². The summed E-state index contributed by atoms with van der Waals surface area (Å²) >= 11 is 0. The van der Waals surface area contributed by atoms with Gasteiger partial charge >= 0.3 is 0 Å². The number of hydrogen-bond acceptors (Lipinski definition) is 4. The van der Waals surface area contributed by atoms with Crippen LogP contribution in [0, 0.1) is 6.92 Å². The van der Waals surface area contributed by atoms with E-state index in [1.165, 1.54) is 33.0 Å². The molecule has 170 valence electrons. The van der Waals surface area contributed by atoms with Crippen LogP contribution in [0.1, 0.15) is 22.3 Å². The molecular weight excluding hydrogens is 410 g/mol. The zero-order chi connectivity index (χ0) is 23.0. The fraction of sp³-hybridized carbons (Fsp3) is 0.241. The highest BCUT2D eigenvalue weighted by atomic mass is 16.5. The SMILES string of the molecule is COc1ccc(CCNCc2c(OCc3cccc(C)c3)ccc3ccccc23)cc1OC. The third-order valence-electron chi connectivity index (χ3n) is 5.81. The lowest BCUT2D eigenvalue weighted by Crippen LogP contribution is -2.17. The first-order valence-electron chi connectivity index (χ1n) is 11.3. The van der Waals surface area contributed by atoms with Gasteiger partial charge in [0.2, 0.25) is 0 Å². The van der Waals surface area contributed by atoms with Crippen LogP contribution >= 0.6 is 0 Å². The van der Waals surface area contributed by atoms with Gasteiger partial charge in [-0.05, 0) is 60.0 Å². The minimum Gasteiger partial charge on any atom is -0.493 e. The molecule has 0 radical (unpaired) electrons. The number of fused-ring (bicyclic) bond motifs is 1. The summed E-state index contributed by atoms with van der Waals surface area (Å²) in [5.74, 6) is 2.44. The van der Waals surface area contributed by atoms with Crippen LogP contribution < -0.4 is 19.5 Å². The molecule has 0 aromatic heterocycles. The second-order valence-electron chi connectivity index (χ2n) is 8.16. The molecule has 0 aliphatic heterocycles. The van der Waals surface area contributed by atoms with Crippen LogP contribution in [-0.2, 0) is 19.6 Å². The lowest BCUT2D eigenvalue weighted by atomic mass is 10.0. The largest absolute Gasteiger partial charge is 0.493 e. The molecule has 4 heteroatoms. The van der Waals surface area contributed by atoms with Crippen molar-refractivity contribution in [1.29, 1.82) is 0 Å². The Morgan fingerprint density at radius 3 is 2.36 bits per heavy atom. The molecule has 0 spiro atoms. The molecule has 33 heavy (non-hydrogen) atoms. The normalized spacial score (nSPS) is 10.9. The number of ether oxygens (including phenoxy) is 3. The van der Waals surface area contributed by atoms with Crippen molar-refractivity contribution in [3.63, 3.8) is 0 Å². The first-order valence-corrected chi connectivity index (χ1v) is 11.3. The summed E-state index contributed by atoms with van der Waals surface area (Å²) in [6.45, 7) is 4.24. The summed E-state index contributed by atoms with van der Waals surface area (Å²) in [5, 5.41) is 6.04. The second kappa shape index (κ2) is 10.9. The Hall–Kier alpha value is -3.50. The molecule has 0 heterocycles.